The number of aromatic nitrogens is 5. The van der Waals surface area contributed by atoms with Crippen molar-refractivity contribution >= 4 is 55.8 Å². The van der Waals surface area contributed by atoms with E-state index in [0.29, 0.717) is 79.9 Å². The average molecular weight is 1100 g/mol. The molecule has 3 aromatic carbocycles. The first kappa shape index (κ1) is 56.7. The number of rotatable bonds is 24. The summed E-state index contributed by atoms with van der Waals surface area (Å²) in [4.78, 5) is 58.3. The molecule has 0 unspecified atom stereocenters. The van der Waals surface area contributed by atoms with E-state index < -0.39 is 56.2 Å². The van der Waals surface area contributed by atoms with Gasteiger partial charge < -0.3 is 44.3 Å². The molecule has 24 heteroatoms. The topological polar surface area (TPSA) is 262 Å². The van der Waals surface area contributed by atoms with Gasteiger partial charge in [0, 0.05) is 50.4 Å². The lowest BCUT2D eigenvalue weighted by Crippen LogP contribution is -2.58. The van der Waals surface area contributed by atoms with Gasteiger partial charge in [0.05, 0.1) is 68.0 Å². The number of aliphatic hydroxyl groups is 1. The minimum atomic E-state index is -4.18. The molecular formula is C53H65FN10O11S2. The highest BCUT2D eigenvalue weighted by Gasteiger charge is 2.44. The summed E-state index contributed by atoms with van der Waals surface area (Å²) < 4.78 is 71.9. The van der Waals surface area contributed by atoms with E-state index in [2.05, 4.69) is 45.4 Å². The number of nitrogens with zero attached hydrogens (tertiary/aromatic N) is 6. The number of benzene rings is 3. The summed E-state index contributed by atoms with van der Waals surface area (Å²) in [6, 6.07) is 16.2. The van der Waals surface area contributed by atoms with Crippen molar-refractivity contribution in [2.24, 2.45) is 5.41 Å². The third-order valence-corrected chi connectivity index (χ3v) is 15.3. The number of carbonyl (C=O) groups excluding carboxylic acids is 3. The number of aliphatic hydroxyl groups excluding tert-OH is 1. The quantitative estimate of drug-likeness (QED) is 0.0517. The Morgan fingerprint density at radius 2 is 1.68 bits per heavy atom. The number of aromatic amines is 1. The number of amides is 3. The fourth-order valence-corrected chi connectivity index (χ4v) is 10.8. The Kier molecular flexibility index (Phi) is 19.0. The predicted molar refractivity (Wildman–Crippen MR) is 285 cm³/mol. The van der Waals surface area contributed by atoms with Crippen LogP contribution in [0.15, 0.2) is 83.3 Å². The van der Waals surface area contributed by atoms with Crippen LogP contribution in [0.3, 0.4) is 0 Å². The van der Waals surface area contributed by atoms with E-state index >= 15 is 0 Å². The molecule has 8 rings (SSSR count). The van der Waals surface area contributed by atoms with Gasteiger partial charge in [-0.05, 0) is 72.4 Å². The van der Waals surface area contributed by atoms with Crippen molar-refractivity contribution in [3.05, 3.63) is 101 Å². The van der Waals surface area contributed by atoms with Crippen molar-refractivity contribution in [2.45, 2.75) is 76.8 Å². The Balaban J connectivity index is 0.705. The molecule has 0 bridgehead atoms. The highest BCUT2D eigenvalue weighted by Crippen LogP contribution is 2.30. The molecule has 6 aromatic rings. The minimum absolute atomic E-state index is 0.0320. The van der Waals surface area contributed by atoms with Crippen LogP contribution in [-0.4, -0.2) is 170 Å². The van der Waals surface area contributed by atoms with Crippen molar-refractivity contribution in [1.82, 2.24) is 45.6 Å². The van der Waals surface area contributed by atoms with Crippen LogP contribution in [-0.2, 0) is 49.9 Å². The zero-order valence-corrected chi connectivity index (χ0v) is 45.3. The van der Waals surface area contributed by atoms with Gasteiger partial charge in [-0.25, -0.2) is 22.8 Å². The number of carbonyl (C=O) groups is 3. The second kappa shape index (κ2) is 25.8. The van der Waals surface area contributed by atoms with Crippen LogP contribution in [0.25, 0.3) is 32.9 Å². The standard InChI is InChI=1S/C53H65FN10O11S2/c1-33-6-15-42(54)44(24-33)77(69,70)62-38-13-11-37(12-14-38)48-59-49-41(27-57-61-49)51(60-48)75-30-40-29-63(17-19-74-40)16-18-71-20-21-72-22-23-73-31-45(66)58-47(53(3,4)5)52(68)64-28-39(65)25-43(64)50(67)55-26-35-7-9-36(10-8-35)46-34(2)56-32-76-46/h6-15,24,27,32,39-40,43,47,62,65H,16-23,25-26,28-31H2,1-5H3,(H,55,67)(H,58,66)(H,57,59,60,61)/t39-,40-,43+,47-/m1/s1. The molecular weight excluding hydrogens is 1040 g/mol. The second-order valence-corrected chi connectivity index (χ2v) is 22.4. The van der Waals surface area contributed by atoms with Gasteiger partial charge in [-0.2, -0.15) is 10.1 Å². The summed E-state index contributed by atoms with van der Waals surface area (Å²) in [5, 5.41) is 23.8. The van der Waals surface area contributed by atoms with E-state index in [0.717, 1.165) is 27.8 Å². The van der Waals surface area contributed by atoms with Crippen LogP contribution in [0.5, 0.6) is 5.88 Å². The van der Waals surface area contributed by atoms with Gasteiger partial charge in [0.2, 0.25) is 23.6 Å². The molecule has 21 nitrogen and oxygen atoms in total. The maximum Gasteiger partial charge on any atom is 0.264 e. The zero-order chi connectivity index (χ0) is 54.7. The smallest absolute Gasteiger partial charge is 0.264 e. The van der Waals surface area contributed by atoms with Crippen molar-refractivity contribution in [3.8, 4) is 27.7 Å². The number of hydrogen-bond acceptors (Lipinski definition) is 17. The Labute approximate surface area is 450 Å². The summed E-state index contributed by atoms with van der Waals surface area (Å²) >= 11 is 1.56. The van der Waals surface area contributed by atoms with Crippen molar-refractivity contribution < 1.29 is 56.0 Å². The maximum atomic E-state index is 14.4. The lowest BCUT2D eigenvalue weighted by atomic mass is 9.85. The van der Waals surface area contributed by atoms with Gasteiger partial charge in [0.1, 0.15) is 47.5 Å². The van der Waals surface area contributed by atoms with Crippen LogP contribution in [0.1, 0.15) is 44.0 Å². The Morgan fingerprint density at radius 3 is 2.40 bits per heavy atom. The Bertz CT molecular complexity index is 3080. The summed E-state index contributed by atoms with van der Waals surface area (Å²) in [6.45, 7) is 13.1. The van der Waals surface area contributed by atoms with Crippen LogP contribution in [0.4, 0.5) is 10.1 Å². The molecule has 5 heterocycles. The highest BCUT2D eigenvalue weighted by atomic mass is 32.2. The molecule has 2 fully saturated rings. The summed E-state index contributed by atoms with van der Waals surface area (Å²) in [7, 11) is -4.18. The molecule has 2 aliphatic rings. The van der Waals surface area contributed by atoms with Gasteiger partial charge in [-0.15, -0.1) is 11.3 Å². The Morgan fingerprint density at radius 1 is 0.948 bits per heavy atom. The fourth-order valence-electron chi connectivity index (χ4n) is 8.80. The number of hydrogen-bond donors (Lipinski definition) is 5. The normalized spacial score (nSPS) is 17.6. The molecule has 5 N–H and O–H groups in total. The zero-order valence-electron chi connectivity index (χ0n) is 43.6. The number of fused-ring (bicyclic) bond motifs is 1. The highest BCUT2D eigenvalue weighted by molar-refractivity contribution is 7.92. The third-order valence-electron chi connectivity index (χ3n) is 12.9. The minimum Gasteiger partial charge on any atom is -0.474 e. The molecule has 0 radical (unpaired) electrons. The van der Waals surface area contributed by atoms with E-state index in [1.807, 2.05) is 52.0 Å². The van der Waals surface area contributed by atoms with E-state index in [9.17, 15) is 32.3 Å². The number of sulfonamides is 1. The van der Waals surface area contributed by atoms with Crippen LogP contribution < -0.4 is 20.1 Å². The third kappa shape index (κ3) is 15.2. The first-order valence-electron chi connectivity index (χ1n) is 25.3. The van der Waals surface area contributed by atoms with Gasteiger partial charge >= 0.3 is 0 Å². The van der Waals surface area contributed by atoms with Crippen LogP contribution in [0.2, 0.25) is 0 Å². The van der Waals surface area contributed by atoms with Crippen LogP contribution >= 0.6 is 11.3 Å². The number of H-pyrrole nitrogens is 1. The second-order valence-electron chi connectivity index (χ2n) is 19.9. The van der Waals surface area contributed by atoms with Crippen molar-refractivity contribution in [3.63, 3.8) is 0 Å². The number of anilines is 1. The molecule has 4 atom stereocenters. The molecule has 3 amide bonds. The summed E-state index contributed by atoms with van der Waals surface area (Å²) in [6.07, 6.45) is 0.508. The molecule has 2 saturated heterocycles. The van der Waals surface area contributed by atoms with Crippen molar-refractivity contribution in [1.29, 1.82) is 0 Å². The number of thiazole rings is 1. The number of ether oxygens (including phenoxy) is 5. The van der Waals surface area contributed by atoms with Gasteiger partial charge in [0.25, 0.3) is 10.0 Å². The van der Waals surface area contributed by atoms with E-state index in [1.54, 1.807) is 54.2 Å². The molecule has 3 aromatic heterocycles. The molecule has 0 saturated carbocycles. The number of morpholine rings is 1. The van der Waals surface area contributed by atoms with Crippen molar-refractivity contribution in [2.75, 3.05) is 83.8 Å². The van der Waals surface area contributed by atoms with Crippen LogP contribution in [0, 0.1) is 25.1 Å². The average Bonchev–Trinajstić information content (AvgIpc) is 4.18. The van der Waals surface area contributed by atoms with E-state index in [4.69, 9.17) is 23.7 Å². The Hall–Kier alpha value is -6.51. The molecule has 0 spiro atoms. The fraction of sp³-hybridized carbons (Fsp3) is 0.453. The van der Waals surface area contributed by atoms with Gasteiger partial charge in [0.15, 0.2) is 11.5 Å². The summed E-state index contributed by atoms with van der Waals surface area (Å²) in [5.41, 5.74) is 5.83. The SMILES string of the molecule is Cc1ccc(F)c(S(=O)(=O)Nc2ccc(-c3nc(OC[C@H]4CN(CCOCCOCCOCC(=O)N[C@H](C(=O)N5C[C@H](O)C[C@H]5C(=O)NCc5ccc(-c6scnc6C)cc5)C(C)(C)C)CCO4)c4cn[nH]c4n3)cc2)c1. The number of aryl methyl sites for hydroxylation is 2. The molecule has 77 heavy (non-hydrogen) atoms. The first-order valence-corrected chi connectivity index (χ1v) is 27.6. The molecule has 412 valence electrons. The molecule has 0 aliphatic carbocycles. The molecule has 2 aliphatic heterocycles. The monoisotopic (exact) mass is 1100 g/mol. The van der Waals surface area contributed by atoms with E-state index in [-0.39, 0.29) is 63.6 Å². The number of likely N-dealkylation sites (tertiary alicyclic amines) is 1. The number of nitrogens with one attached hydrogen (secondary N) is 4. The lowest BCUT2D eigenvalue weighted by Gasteiger charge is -2.35. The maximum absolute atomic E-state index is 14.4. The number of β-amino-alcohol motifs (C(OH)–C–C–N with tert-alkyl or cyclic N) is 1. The summed E-state index contributed by atoms with van der Waals surface area (Å²) in [5.74, 6) is -1.58. The van der Waals surface area contributed by atoms with E-state index in [1.165, 1.54) is 17.0 Å². The predicted octanol–water partition coefficient (Wildman–Crippen LogP) is 4.64. The first-order chi connectivity index (χ1) is 36.9. The van der Waals surface area contributed by atoms with Gasteiger partial charge in [-0.1, -0.05) is 51.1 Å². The largest absolute Gasteiger partial charge is 0.474 e. The number of halogens is 1. The van der Waals surface area contributed by atoms with Gasteiger partial charge in [-0.3, -0.25) is 29.1 Å². The lowest BCUT2D eigenvalue weighted by molar-refractivity contribution is -0.144.